The molecule has 21 heavy (non-hydrogen) atoms. The molecule has 0 aliphatic carbocycles. The van der Waals surface area contributed by atoms with Gasteiger partial charge in [-0.3, -0.25) is 4.79 Å². The Morgan fingerprint density at radius 2 is 1.43 bits per heavy atom. The van der Waals surface area contributed by atoms with Crippen LogP contribution >= 0.6 is 0 Å². The lowest BCUT2D eigenvalue weighted by atomic mass is 9.94. The molecule has 0 bridgehead atoms. The van der Waals surface area contributed by atoms with Crippen LogP contribution in [-0.2, 0) is 15.1 Å². The maximum absolute atomic E-state index is 12.1. The molecule has 0 atom stereocenters. The maximum Gasteiger partial charge on any atom is 0.573 e. The summed E-state index contributed by atoms with van der Waals surface area (Å²) in [6.07, 6.45) is -4.73. The van der Waals surface area contributed by atoms with Gasteiger partial charge in [-0.1, -0.05) is 12.1 Å². The maximum atomic E-state index is 12.1. The van der Waals surface area contributed by atoms with Crippen molar-refractivity contribution in [1.82, 2.24) is 0 Å². The predicted octanol–water partition coefficient (Wildman–Crippen LogP) is 4.41. The largest absolute Gasteiger partial charge is 0.573 e. The smallest absolute Gasteiger partial charge is 0.454 e. The fourth-order valence-corrected chi connectivity index (χ4v) is 1.50. The minimum absolute atomic E-state index is 0.316. The molecule has 118 valence electrons. The number of carbonyl (C=O) groups is 1. The normalized spacial score (nSPS) is 13.0. The van der Waals surface area contributed by atoms with E-state index in [9.17, 15) is 18.0 Å². The van der Waals surface area contributed by atoms with Crippen molar-refractivity contribution in [2.75, 3.05) is 0 Å². The Morgan fingerprint density at radius 1 is 0.952 bits per heavy atom. The lowest BCUT2D eigenvalue weighted by Gasteiger charge is -2.29. The van der Waals surface area contributed by atoms with E-state index in [4.69, 9.17) is 4.74 Å². The first kappa shape index (κ1) is 17.3. The molecule has 1 aromatic carbocycles. The van der Waals surface area contributed by atoms with Crippen molar-refractivity contribution >= 4 is 5.97 Å². The number of esters is 1. The van der Waals surface area contributed by atoms with Crippen molar-refractivity contribution in [2.24, 2.45) is 5.41 Å². The van der Waals surface area contributed by atoms with E-state index < -0.39 is 17.4 Å². The summed E-state index contributed by atoms with van der Waals surface area (Å²) in [6.45, 7) is 8.54. The molecule has 0 amide bonds. The monoisotopic (exact) mass is 304 g/mol. The molecule has 0 saturated heterocycles. The van der Waals surface area contributed by atoms with E-state index in [1.165, 1.54) is 24.3 Å². The van der Waals surface area contributed by atoms with Gasteiger partial charge in [0.05, 0.1) is 5.41 Å². The van der Waals surface area contributed by atoms with E-state index >= 15 is 0 Å². The summed E-state index contributed by atoms with van der Waals surface area (Å²) >= 11 is 0. The Labute approximate surface area is 122 Å². The average Bonchev–Trinajstić information content (AvgIpc) is 2.25. The molecule has 0 aliphatic rings. The fraction of sp³-hybridized carbons (Fsp3) is 0.533. The van der Waals surface area contributed by atoms with E-state index in [0.717, 1.165) is 0 Å². The topological polar surface area (TPSA) is 35.5 Å². The number of ether oxygens (including phenoxy) is 2. The number of alkyl halides is 3. The first-order valence-corrected chi connectivity index (χ1v) is 6.41. The Hall–Kier alpha value is -1.72. The second-order valence-electron chi connectivity index (χ2n) is 6.22. The van der Waals surface area contributed by atoms with Crippen LogP contribution in [0.1, 0.15) is 40.2 Å². The van der Waals surface area contributed by atoms with Gasteiger partial charge in [-0.2, -0.15) is 0 Å². The van der Waals surface area contributed by atoms with Crippen LogP contribution in [0, 0.1) is 5.41 Å². The highest BCUT2D eigenvalue weighted by atomic mass is 19.4. The molecular formula is C15H19F3O3. The highest BCUT2D eigenvalue weighted by molar-refractivity contribution is 5.75. The third kappa shape index (κ3) is 5.28. The summed E-state index contributed by atoms with van der Waals surface area (Å²) in [5, 5.41) is 0. The number of hydrogen-bond acceptors (Lipinski definition) is 3. The molecule has 1 rings (SSSR count). The van der Waals surface area contributed by atoms with Crippen molar-refractivity contribution in [3.63, 3.8) is 0 Å². The van der Waals surface area contributed by atoms with Gasteiger partial charge in [-0.05, 0) is 52.3 Å². The van der Waals surface area contributed by atoms with Crippen molar-refractivity contribution in [3.8, 4) is 5.75 Å². The van der Waals surface area contributed by atoms with Crippen molar-refractivity contribution in [2.45, 2.75) is 46.6 Å². The molecule has 0 fully saturated rings. The van der Waals surface area contributed by atoms with Crippen LogP contribution in [0.3, 0.4) is 0 Å². The van der Waals surface area contributed by atoms with Crippen LogP contribution < -0.4 is 4.74 Å². The summed E-state index contributed by atoms with van der Waals surface area (Å²) in [5.41, 5.74) is -1.02. The molecule has 0 unspecified atom stereocenters. The van der Waals surface area contributed by atoms with Gasteiger partial charge in [-0.25, -0.2) is 0 Å². The van der Waals surface area contributed by atoms with Crippen LogP contribution in [0.15, 0.2) is 24.3 Å². The second-order valence-corrected chi connectivity index (χ2v) is 6.22. The minimum Gasteiger partial charge on any atom is -0.454 e. The van der Waals surface area contributed by atoms with E-state index in [1.54, 1.807) is 34.6 Å². The van der Waals surface area contributed by atoms with E-state index in [-0.39, 0.29) is 11.7 Å². The van der Waals surface area contributed by atoms with Gasteiger partial charge < -0.3 is 9.47 Å². The third-order valence-corrected chi connectivity index (χ3v) is 2.74. The molecule has 1 aromatic rings. The van der Waals surface area contributed by atoms with Gasteiger partial charge in [0.1, 0.15) is 11.4 Å². The average molecular weight is 304 g/mol. The van der Waals surface area contributed by atoms with Gasteiger partial charge >= 0.3 is 12.3 Å². The molecule has 3 nitrogen and oxygen atoms in total. The summed E-state index contributed by atoms with van der Waals surface area (Å²) in [4.78, 5) is 11.9. The Morgan fingerprint density at radius 3 is 1.81 bits per heavy atom. The standard InChI is InChI=1S/C15H19F3O3/c1-13(2,3)12(19)21-14(4,5)10-6-8-11(9-7-10)20-15(16,17)18/h6-9H,1-5H3. The Balaban J connectivity index is 2.87. The van der Waals surface area contributed by atoms with Gasteiger partial charge in [0, 0.05) is 0 Å². The molecule has 0 aromatic heterocycles. The zero-order valence-electron chi connectivity index (χ0n) is 12.7. The quantitative estimate of drug-likeness (QED) is 0.776. The number of halogens is 3. The third-order valence-electron chi connectivity index (χ3n) is 2.74. The zero-order valence-corrected chi connectivity index (χ0v) is 12.7. The van der Waals surface area contributed by atoms with E-state index in [0.29, 0.717) is 5.56 Å². The molecule has 0 saturated carbocycles. The zero-order chi connectivity index (χ0) is 16.5. The molecule has 6 heteroatoms. The number of rotatable bonds is 3. The molecule has 0 radical (unpaired) electrons. The van der Waals surface area contributed by atoms with Crippen LogP contribution in [0.4, 0.5) is 13.2 Å². The highest BCUT2D eigenvalue weighted by Crippen LogP contribution is 2.31. The number of carbonyl (C=O) groups excluding carboxylic acids is 1. The molecular weight excluding hydrogens is 285 g/mol. The van der Waals surface area contributed by atoms with Crippen LogP contribution in [-0.4, -0.2) is 12.3 Å². The first-order valence-electron chi connectivity index (χ1n) is 6.41. The van der Waals surface area contributed by atoms with Crippen molar-refractivity contribution in [3.05, 3.63) is 29.8 Å². The van der Waals surface area contributed by atoms with Gasteiger partial charge in [0.15, 0.2) is 0 Å². The lowest BCUT2D eigenvalue weighted by Crippen LogP contribution is -2.32. The SMILES string of the molecule is CC(C)(C)C(=O)OC(C)(C)c1ccc(OC(F)(F)F)cc1. The van der Waals surface area contributed by atoms with Crippen LogP contribution in [0.25, 0.3) is 0 Å². The van der Waals surface area contributed by atoms with Gasteiger partial charge in [0.25, 0.3) is 0 Å². The number of benzene rings is 1. The lowest BCUT2D eigenvalue weighted by molar-refractivity contribution is -0.274. The minimum atomic E-state index is -4.73. The predicted molar refractivity (Wildman–Crippen MR) is 71.7 cm³/mol. The van der Waals surface area contributed by atoms with E-state index in [1.807, 2.05) is 0 Å². The summed E-state index contributed by atoms with van der Waals surface area (Å²) in [7, 11) is 0. The molecule has 0 spiro atoms. The van der Waals surface area contributed by atoms with Gasteiger partial charge in [0.2, 0.25) is 0 Å². The molecule has 0 N–H and O–H groups in total. The van der Waals surface area contributed by atoms with Crippen molar-refractivity contribution in [1.29, 1.82) is 0 Å². The molecule has 0 heterocycles. The van der Waals surface area contributed by atoms with Crippen molar-refractivity contribution < 1.29 is 27.4 Å². The second kappa shape index (κ2) is 5.58. The van der Waals surface area contributed by atoms with E-state index in [2.05, 4.69) is 4.74 Å². The first-order chi connectivity index (χ1) is 9.31. The fourth-order valence-electron chi connectivity index (χ4n) is 1.50. The molecule has 0 aliphatic heterocycles. The number of hydrogen-bond donors (Lipinski definition) is 0. The van der Waals surface area contributed by atoms with Crippen LogP contribution in [0.2, 0.25) is 0 Å². The van der Waals surface area contributed by atoms with Gasteiger partial charge in [-0.15, -0.1) is 13.2 Å². The van der Waals surface area contributed by atoms with Crippen LogP contribution in [0.5, 0.6) is 5.75 Å². The summed E-state index contributed by atoms with van der Waals surface area (Å²) in [5.74, 6) is -0.702. The Bertz CT molecular complexity index is 496. The summed E-state index contributed by atoms with van der Waals surface area (Å²) < 4.78 is 45.5. The highest BCUT2D eigenvalue weighted by Gasteiger charge is 2.33. The summed E-state index contributed by atoms with van der Waals surface area (Å²) in [6, 6.07) is 5.26. The Kier molecular flexibility index (Phi) is 4.60.